The molecule has 0 fully saturated rings. The van der Waals surface area contributed by atoms with Crippen LogP contribution in [0, 0.1) is 13.8 Å². The number of carbonyl (C=O) groups excluding carboxylic acids is 1. The Balaban J connectivity index is 1.45. The van der Waals surface area contributed by atoms with Gasteiger partial charge in [0.2, 0.25) is 0 Å². The van der Waals surface area contributed by atoms with Crippen LogP contribution >= 0.6 is 0 Å². The molecule has 4 rings (SSSR count). The van der Waals surface area contributed by atoms with Crippen LogP contribution in [0.4, 0.5) is 0 Å². The Morgan fingerprint density at radius 1 is 1.00 bits per heavy atom. The lowest BCUT2D eigenvalue weighted by molar-refractivity contribution is -0.141. The molecule has 40 heavy (non-hydrogen) atoms. The fourth-order valence-corrected chi connectivity index (χ4v) is 6.08. The summed E-state index contributed by atoms with van der Waals surface area (Å²) in [5, 5.41) is 0. The standard InChI is InChI=1S/C33H38O6S/c1-6-25-18-27(19-32(34)37-4)30-12-11-28(20-31(25)30)39-21-24-9-7-10-26(17-24)33-22(2)15-29(16-23(33)3)38-13-8-14-40(5,35)36/h6-7,9-12,15-17,20,27H,8,13-14,18-19,21H2,1-5H3/b25-6-. The average Bonchev–Trinajstić information content (AvgIpc) is 3.25. The molecule has 0 amide bonds. The van der Waals surface area contributed by atoms with E-state index in [1.807, 2.05) is 31.2 Å². The van der Waals surface area contributed by atoms with Crippen molar-refractivity contribution in [3.8, 4) is 22.6 Å². The van der Waals surface area contributed by atoms with Gasteiger partial charge in [0.05, 0.1) is 25.9 Å². The molecular weight excluding hydrogens is 524 g/mol. The normalized spacial score (nSPS) is 15.6. The zero-order valence-electron chi connectivity index (χ0n) is 24.0. The third kappa shape index (κ3) is 7.33. The van der Waals surface area contributed by atoms with E-state index in [4.69, 9.17) is 14.2 Å². The second-order valence-corrected chi connectivity index (χ2v) is 12.8. The Kier molecular flexibility index (Phi) is 9.36. The van der Waals surface area contributed by atoms with Gasteiger partial charge < -0.3 is 14.2 Å². The zero-order valence-corrected chi connectivity index (χ0v) is 24.8. The summed E-state index contributed by atoms with van der Waals surface area (Å²) in [4.78, 5) is 11.9. The summed E-state index contributed by atoms with van der Waals surface area (Å²) in [7, 11) is -1.56. The predicted molar refractivity (Wildman–Crippen MR) is 160 cm³/mol. The van der Waals surface area contributed by atoms with Gasteiger partial charge in [-0.15, -0.1) is 0 Å². The van der Waals surface area contributed by atoms with Crippen LogP contribution < -0.4 is 9.47 Å². The lowest BCUT2D eigenvalue weighted by Crippen LogP contribution is -2.08. The minimum atomic E-state index is -2.99. The fraction of sp³-hybridized carbons (Fsp3) is 0.364. The number of esters is 1. The van der Waals surface area contributed by atoms with Crippen LogP contribution in [0.25, 0.3) is 16.7 Å². The number of ether oxygens (including phenoxy) is 3. The molecule has 1 aliphatic carbocycles. The summed E-state index contributed by atoms with van der Waals surface area (Å²) in [5.74, 6) is 1.61. The fourth-order valence-electron chi connectivity index (χ4n) is 5.44. The van der Waals surface area contributed by atoms with Crippen LogP contribution in [0.1, 0.15) is 59.9 Å². The number of fused-ring (bicyclic) bond motifs is 1. The quantitative estimate of drug-likeness (QED) is 0.189. The van der Waals surface area contributed by atoms with Gasteiger partial charge in [0.1, 0.15) is 27.9 Å². The van der Waals surface area contributed by atoms with E-state index in [0.717, 1.165) is 51.3 Å². The molecule has 0 saturated heterocycles. The maximum Gasteiger partial charge on any atom is 0.306 e. The highest BCUT2D eigenvalue weighted by atomic mass is 32.2. The van der Waals surface area contributed by atoms with Gasteiger partial charge >= 0.3 is 5.97 Å². The molecule has 3 aromatic rings. The Morgan fingerprint density at radius 3 is 2.42 bits per heavy atom. The van der Waals surface area contributed by atoms with Gasteiger partial charge in [0.15, 0.2) is 0 Å². The highest BCUT2D eigenvalue weighted by Gasteiger charge is 2.28. The highest BCUT2D eigenvalue weighted by Crippen LogP contribution is 2.44. The third-order valence-corrected chi connectivity index (χ3v) is 8.35. The first-order valence-electron chi connectivity index (χ1n) is 13.6. The Hall–Kier alpha value is -3.58. The molecule has 1 aliphatic rings. The van der Waals surface area contributed by atoms with E-state index >= 15 is 0 Å². The molecule has 6 nitrogen and oxygen atoms in total. The summed E-state index contributed by atoms with van der Waals surface area (Å²) in [6, 6.07) is 18.5. The third-order valence-electron chi connectivity index (χ3n) is 7.32. The van der Waals surface area contributed by atoms with Crippen molar-refractivity contribution in [3.05, 3.63) is 88.5 Å². The molecule has 0 radical (unpaired) electrons. The number of sulfone groups is 1. The molecule has 0 bridgehead atoms. The van der Waals surface area contributed by atoms with Gasteiger partial charge in [-0.1, -0.05) is 30.3 Å². The minimum Gasteiger partial charge on any atom is -0.494 e. The number of allylic oxidation sites excluding steroid dienone is 2. The van der Waals surface area contributed by atoms with E-state index in [1.54, 1.807) is 0 Å². The number of methoxy groups -OCH3 is 1. The van der Waals surface area contributed by atoms with E-state index in [2.05, 4.69) is 50.3 Å². The first-order chi connectivity index (χ1) is 19.1. The van der Waals surface area contributed by atoms with Crippen LogP contribution in [-0.2, 0) is 26.0 Å². The largest absolute Gasteiger partial charge is 0.494 e. The Labute approximate surface area is 237 Å². The zero-order chi connectivity index (χ0) is 28.9. The van der Waals surface area contributed by atoms with Gasteiger partial charge in [-0.2, -0.15) is 0 Å². The van der Waals surface area contributed by atoms with Gasteiger partial charge in [0.25, 0.3) is 0 Å². The maximum absolute atomic E-state index is 11.9. The van der Waals surface area contributed by atoms with E-state index in [1.165, 1.54) is 24.5 Å². The highest BCUT2D eigenvalue weighted by molar-refractivity contribution is 7.90. The summed E-state index contributed by atoms with van der Waals surface area (Å²) in [5.41, 5.74) is 9.05. The number of rotatable bonds is 11. The van der Waals surface area contributed by atoms with Crippen molar-refractivity contribution in [3.63, 3.8) is 0 Å². The summed E-state index contributed by atoms with van der Waals surface area (Å²) >= 11 is 0. The number of carbonyl (C=O) groups is 1. The van der Waals surface area contributed by atoms with Crippen molar-refractivity contribution in [1.29, 1.82) is 0 Å². The molecule has 3 aromatic carbocycles. The average molecular weight is 563 g/mol. The molecule has 212 valence electrons. The van der Waals surface area contributed by atoms with Crippen LogP contribution in [0.3, 0.4) is 0 Å². The van der Waals surface area contributed by atoms with Crippen LogP contribution in [0.2, 0.25) is 0 Å². The molecule has 0 heterocycles. The number of benzene rings is 3. The smallest absolute Gasteiger partial charge is 0.306 e. The van der Waals surface area contributed by atoms with Crippen molar-refractivity contribution in [2.45, 2.75) is 52.6 Å². The van der Waals surface area contributed by atoms with Gasteiger partial charge in [-0.05, 0) is 114 Å². The molecule has 1 unspecified atom stereocenters. The second kappa shape index (κ2) is 12.7. The van der Waals surface area contributed by atoms with E-state index < -0.39 is 9.84 Å². The number of hydrogen-bond donors (Lipinski definition) is 0. The molecular formula is C33H38O6S. The molecule has 1 atom stereocenters. The lowest BCUT2D eigenvalue weighted by Gasteiger charge is -2.15. The summed E-state index contributed by atoms with van der Waals surface area (Å²) < 4.78 is 39.6. The monoisotopic (exact) mass is 562 g/mol. The first kappa shape index (κ1) is 29.4. The number of aryl methyl sites for hydroxylation is 2. The van der Waals surface area contributed by atoms with Crippen molar-refractivity contribution in [2.24, 2.45) is 0 Å². The predicted octanol–water partition coefficient (Wildman–Crippen LogP) is 6.82. The van der Waals surface area contributed by atoms with Gasteiger partial charge in [0, 0.05) is 6.26 Å². The first-order valence-corrected chi connectivity index (χ1v) is 15.6. The van der Waals surface area contributed by atoms with Gasteiger partial charge in [-0.3, -0.25) is 4.79 Å². The topological polar surface area (TPSA) is 78.9 Å². The summed E-state index contributed by atoms with van der Waals surface area (Å²) in [6.45, 7) is 6.95. The van der Waals surface area contributed by atoms with E-state index in [-0.39, 0.29) is 17.6 Å². The molecule has 0 spiro atoms. The van der Waals surface area contributed by atoms with Gasteiger partial charge in [-0.25, -0.2) is 8.42 Å². The lowest BCUT2D eigenvalue weighted by atomic mass is 9.94. The van der Waals surface area contributed by atoms with E-state index in [9.17, 15) is 13.2 Å². The molecule has 7 heteroatoms. The maximum atomic E-state index is 11.9. The Bertz CT molecular complexity index is 1500. The molecule has 0 N–H and O–H groups in total. The van der Waals surface area contributed by atoms with Crippen LogP contribution in [-0.4, -0.2) is 40.1 Å². The SMILES string of the molecule is C/C=C1/CC(CC(=O)OC)c2ccc(OCc3cccc(-c4c(C)cc(OCCCS(C)(=O)=O)cc4C)c3)cc21. The van der Waals surface area contributed by atoms with Crippen molar-refractivity contribution < 1.29 is 27.4 Å². The number of hydrogen-bond acceptors (Lipinski definition) is 6. The molecule has 0 aromatic heterocycles. The second-order valence-electron chi connectivity index (χ2n) is 10.5. The van der Waals surface area contributed by atoms with Crippen LogP contribution in [0.15, 0.2) is 60.7 Å². The van der Waals surface area contributed by atoms with Crippen molar-refractivity contribution in [1.82, 2.24) is 0 Å². The van der Waals surface area contributed by atoms with Crippen molar-refractivity contribution in [2.75, 3.05) is 25.7 Å². The molecule has 0 saturated carbocycles. The summed E-state index contributed by atoms with van der Waals surface area (Å²) in [6.07, 6.45) is 5.03. The van der Waals surface area contributed by atoms with Crippen LogP contribution in [0.5, 0.6) is 11.5 Å². The molecule has 0 aliphatic heterocycles. The van der Waals surface area contributed by atoms with E-state index in [0.29, 0.717) is 26.1 Å². The van der Waals surface area contributed by atoms with Crippen molar-refractivity contribution >= 4 is 21.4 Å². The Morgan fingerprint density at radius 2 is 1.75 bits per heavy atom. The minimum absolute atomic E-state index is 0.121.